The van der Waals surface area contributed by atoms with Crippen molar-refractivity contribution in [3.05, 3.63) is 34.1 Å². The number of halogens is 3. The Kier molecular flexibility index (Phi) is 5.07. The van der Waals surface area contributed by atoms with E-state index in [0.717, 1.165) is 16.5 Å². The fourth-order valence-corrected chi connectivity index (χ4v) is 2.29. The minimum absolute atomic E-state index is 0.0772. The maximum atomic E-state index is 13.5. The van der Waals surface area contributed by atoms with E-state index in [-0.39, 0.29) is 11.2 Å². The zero-order valence-electron chi connectivity index (χ0n) is 8.93. The van der Waals surface area contributed by atoms with Crippen molar-refractivity contribution in [1.29, 1.82) is 0 Å². The van der Waals surface area contributed by atoms with Gasteiger partial charge in [-0.1, -0.05) is 29.3 Å². The summed E-state index contributed by atoms with van der Waals surface area (Å²) in [5.74, 6) is 0.185. The van der Waals surface area contributed by atoms with Crippen molar-refractivity contribution in [2.75, 3.05) is 0 Å². The van der Waals surface area contributed by atoms with Crippen molar-refractivity contribution < 1.29 is 4.39 Å². The van der Waals surface area contributed by atoms with Gasteiger partial charge in [0, 0.05) is 9.85 Å². The highest BCUT2D eigenvalue weighted by Gasteiger charge is 2.15. The molecule has 1 aromatic rings. The maximum absolute atomic E-state index is 13.5. The van der Waals surface area contributed by atoms with E-state index in [0.29, 0.717) is 12.3 Å². The summed E-state index contributed by atoms with van der Waals surface area (Å²) in [7, 11) is 0. The molecule has 0 fully saturated rings. The van der Waals surface area contributed by atoms with Crippen molar-refractivity contribution in [1.82, 2.24) is 0 Å². The molecule has 3 heteroatoms. The lowest BCUT2D eigenvalue weighted by molar-refractivity contribution is 0.482. The Hall–Kier alpha value is -0.0800. The van der Waals surface area contributed by atoms with Crippen molar-refractivity contribution in [3.8, 4) is 0 Å². The molecule has 0 radical (unpaired) electrons. The number of hydrogen-bond acceptors (Lipinski definition) is 0. The number of hydrogen-bond donors (Lipinski definition) is 0. The third-order valence-corrected chi connectivity index (χ3v) is 3.51. The molecule has 0 amide bonds. The highest BCUT2D eigenvalue weighted by molar-refractivity contribution is 9.10. The second-order valence-corrected chi connectivity index (χ2v) is 5.39. The van der Waals surface area contributed by atoms with Crippen LogP contribution in [0.2, 0.25) is 0 Å². The minimum atomic E-state index is -0.144. The molecular weight excluding hydrogens is 278 g/mol. The molecule has 0 heterocycles. The first-order valence-corrected chi connectivity index (χ1v) is 6.35. The zero-order chi connectivity index (χ0) is 11.4. The van der Waals surface area contributed by atoms with Crippen molar-refractivity contribution in [2.24, 2.45) is 5.92 Å². The summed E-state index contributed by atoms with van der Waals surface area (Å²) >= 11 is 9.40. The Labute approximate surface area is 104 Å². The van der Waals surface area contributed by atoms with Crippen LogP contribution in [0.1, 0.15) is 25.8 Å². The number of alkyl halides is 1. The van der Waals surface area contributed by atoms with E-state index >= 15 is 0 Å². The van der Waals surface area contributed by atoms with E-state index in [1.165, 1.54) is 6.07 Å². The topological polar surface area (TPSA) is 0 Å². The van der Waals surface area contributed by atoms with Gasteiger partial charge in [-0.25, -0.2) is 4.39 Å². The smallest absolute Gasteiger partial charge is 0.126 e. The van der Waals surface area contributed by atoms with Gasteiger partial charge < -0.3 is 0 Å². The highest BCUT2D eigenvalue weighted by Crippen LogP contribution is 2.23. The fraction of sp³-hybridized carbons (Fsp3) is 0.500. The summed E-state index contributed by atoms with van der Waals surface area (Å²) in [4.78, 5) is 0. The van der Waals surface area contributed by atoms with E-state index < -0.39 is 0 Å². The van der Waals surface area contributed by atoms with Crippen LogP contribution in [0, 0.1) is 11.7 Å². The van der Waals surface area contributed by atoms with Gasteiger partial charge in [0.05, 0.1) is 0 Å². The predicted molar refractivity (Wildman–Crippen MR) is 66.9 cm³/mol. The van der Waals surface area contributed by atoms with Crippen LogP contribution in [0.4, 0.5) is 4.39 Å². The van der Waals surface area contributed by atoms with Crippen molar-refractivity contribution in [2.45, 2.75) is 32.1 Å². The molecule has 0 N–H and O–H groups in total. The lowest BCUT2D eigenvalue weighted by Crippen LogP contribution is -2.14. The third-order valence-electron chi connectivity index (χ3n) is 2.66. The van der Waals surface area contributed by atoms with Crippen LogP contribution in [0.5, 0.6) is 0 Å². The molecule has 0 bridgehead atoms. The van der Waals surface area contributed by atoms with E-state index in [1.807, 2.05) is 13.0 Å². The second kappa shape index (κ2) is 5.86. The molecule has 2 atom stereocenters. The zero-order valence-corrected chi connectivity index (χ0v) is 11.3. The molecule has 0 aliphatic carbocycles. The van der Waals surface area contributed by atoms with Gasteiger partial charge in [0.1, 0.15) is 5.82 Å². The standard InChI is InChI=1S/C12H15BrClF/c1-3-9(8(2)14)6-10-7-11(13)4-5-12(10)15/h4-5,7-9H,3,6H2,1-2H3. The first-order valence-electron chi connectivity index (χ1n) is 5.12. The molecule has 0 aromatic heterocycles. The molecule has 0 saturated heterocycles. The molecule has 2 unspecified atom stereocenters. The van der Waals surface area contributed by atoms with Gasteiger partial charge in [-0.05, 0) is 43.0 Å². The Morgan fingerprint density at radius 3 is 2.67 bits per heavy atom. The lowest BCUT2D eigenvalue weighted by Gasteiger charge is -2.17. The number of benzene rings is 1. The molecule has 1 aromatic carbocycles. The third kappa shape index (κ3) is 3.76. The molecule has 0 nitrogen and oxygen atoms in total. The van der Waals surface area contributed by atoms with Crippen LogP contribution in [-0.4, -0.2) is 5.38 Å². The monoisotopic (exact) mass is 292 g/mol. The van der Waals surface area contributed by atoms with Gasteiger partial charge >= 0.3 is 0 Å². The van der Waals surface area contributed by atoms with Crippen LogP contribution < -0.4 is 0 Å². The quantitative estimate of drug-likeness (QED) is 0.701. The lowest BCUT2D eigenvalue weighted by atomic mass is 9.94. The first kappa shape index (κ1) is 13.0. The largest absolute Gasteiger partial charge is 0.207 e. The van der Waals surface area contributed by atoms with E-state index in [4.69, 9.17) is 11.6 Å². The molecule has 15 heavy (non-hydrogen) atoms. The highest BCUT2D eigenvalue weighted by atomic mass is 79.9. The SMILES string of the molecule is CCC(Cc1cc(Br)ccc1F)C(C)Cl. The summed E-state index contributed by atoms with van der Waals surface area (Å²) in [5.41, 5.74) is 0.740. The maximum Gasteiger partial charge on any atom is 0.126 e. The average molecular weight is 294 g/mol. The van der Waals surface area contributed by atoms with E-state index in [9.17, 15) is 4.39 Å². The Morgan fingerprint density at radius 1 is 1.47 bits per heavy atom. The van der Waals surface area contributed by atoms with Gasteiger partial charge in [0.25, 0.3) is 0 Å². The van der Waals surface area contributed by atoms with Gasteiger partial charge in [0.15, 0.2) is 0 Å². The van der Waals surface area contributed by atoms with Gasteiger partial charge in [-0.3, -0.25) is 0 Å². The molecule has 0 aliphatic heterocycles. The predicted octanol–water partition coefficient (Wildman–Crippen LogP) is 4.78. The van der Waals surface area contributed by atoms with E-state index in [1.54, 1.807) is 6.07 Å². The molecular formula is C12H15BrClF. The molecule has 1 rings (SSSR count). The van der Waals surface area contributed by atoms with Crippen LogP contribution in [0.25, 0.3) is 0 Å². The Balaban J connectivity index is 2.82. The summed E-state index contributed by atoms with van der Waals surface area (Å²) in [6.07, 6.45) is 1.67. The minimum Gasteiger partial charge on any atom is -0.207 e. The van der Waals surface area contributed by atoms with Crippen LogP contribution >= 0.6 is 27.5 Å². The first-order chi connectivity index (χ1) is 7.04. The summed E-state index contributed by atoms with van der Waals surface area (Å²) in [6, 6.07) is 5.03. The molecule has 0 spiro atoms. The second-order valence-electron chi connectivity index (χ2n) is 3.79. The molecule has 0 aliphatic rings. The van der Waals surface area contributed by atoms with Crippen LogP contribution in [0.3, 0.4) is 0 Å². The van der Waals surface area contributed by atoms with Crippen LogP contribution in [0.15, 0.2) is 22.7 Å². The molecule has 0 saturated carbocycles. The van der Waals surface area contributed by atoms with Gasteiger partial charge in [0.2, 0.25) is 0 Å². The average Bonchev–Trinajstić information content (AvgIpc) is 2.18. The Bertz CT molecular complexity index is 325. The Morgan fingerprint density at radius 2 is 2.13 bits per heavy atom. The van der Waals surface area contributed by atoms with E-state index in [2.05, 4.69) is 22.9 Å². The van der Waals surface area contributed by atoms with Gasteiger partial charge in [-0.15, -0.1) is 11.6 Å². The summed E-state index contributed by atoms with van der Waals surface area (Å²) in [5, 5.41) is 0.0772. The van der Waals surface area contributed by atoms with Crippen molar-refractivity contribution >= 4 is 27.5 Å². The number of rotatable bonds is 4. The fourth-order valence-electron chi connectivity index (χ4n) is 1.61. The summed E-state index contributed by atoms with van der Waals surface area (Å²) < 4.78 is 14.4. The van der Waals surface area contributed by atoms with Crippen LogP contribution in [-0.2, 0) is 6.42 Å². The van der Waals surface area contributed by atoms with Crippen molar-refractivity contribution in [3.63, 3.8) is 0 Å². The van der Waals surface area contributed by atoms with Gasteiger partial charge in [-0.2, -0.15) is 0 Å². The normalized spacial score (nSPS) is 15.0. The summed E-state index contributed by atoms with van der Waals surface area (Å²) in [6.45, 7) is 4.05. The molecule has 84 valence electrons.